The summed E-state index contributed by atoms with van der Waals surface area (Å²) in [5.41, 5.74) is 5.30. The van der Waals surface area contributed by atoms with Crippen LogP contribution in [0.3, 0.4) is 0 Å². The molecule has 1 unspecified atom stereocenters. The van der Waals surface area contributed by atoms with Gasteiger partial charge >= 0.3 is 25.7 Å². The fourth-order valence-electron chi connectivity index (χ4n) is 4.47. The third kappa shape index (κ3) is 32.4. The molecule has 0 rings (SSSR count). The molecule has 0 aliphatic heterocycles. The van der Waals surface area contributed by atoms with Crippen LogP contribution in [0.4, 0.5) is 0 Å². The normalized spacial score (nSPS) is 14.5. The highest BCUT2D eigenvalue weighted by Gasteiger charge is 2.28. The number of carbonyl (C=O) groups excluding carboxylic acids is 2. The Morgan fingerprint density at radius 1 is 0.653 bits per heavy atom. The molecule has 0 bridgehead atoms. The Morgan fingerprint density at radius 3 is 1.71 bits per heavy atom. The summed E-state index contributed by atoms with van der Waals surface area (Å²) in [5, 5.41) is 8.84. The second-order valence-electron chi connectivity index (χ2n) is 12.0. The number of esters is 2. The van der Waals surface area contributed by atoms with Gasteiger partial charge in [0.15, 0.2) is 6.10 Å². The van der Waals surface area contributed by atoms with Crippen LogP contribution in [0, 0.1) is 0 Å². The zero-order chi connectivity index (χ0) is 36.4. The number of nitrogens with two attached hydrogens (primary N) is 1. The van der Waals surface area contributed by atoms with E-state index in [-0.39, 0.29) is 19.4 Å². The Balaban J connectivity index is 4.53. The summed E-state index contributed by atoms with van der Waals surface area (Å²) in [6, 6.07) is -1.53. The van der Waals surface area contributed by atoms with Crippen molar-refractivity contribution in [3.05, 3.63) is 48.6 Å². The Bertz CT molecular complexity index is 1030. The standard InChI is InChI=1S/C37H64NO10P/c1-3-5-7-9-11-13-15-16-17-18-19-21-22-24-26-28-35(39)45-30-33(31-46-49(43,44)47-32-34(38)37(41)42)48-36(40)29-27-25-23-20-14-12-10-8-6-4-2/h5,7,11,13,16-17,19,21,33-34H,3-4,6,8-10,12,14-15,18,20,22-32,38H2,1-2H3,(H,41,42)(H,43,44)/b7-5-,13-11-,17-16-,21-19-/t33-,34+/m1/s1. The van der Waals surface area contributed by atoms with Crippen LogP contribution in [-0.2, 0) is 37.5 Å². The van der Waals surface area contributed by atoms with Crippen LogP contribution in [0.1, 0.15) is 136 Å². The number of unbranched alkanes of at least 4 members (excludes halogenated alkanes) is 11. The number of hydrogen-bond donors (Lipinski definition) is 3. The third-order valence-electron chi connectivity index (χ3n) is 7.34. The van der Waals surface area contributed by atoms with Crippen molar-refractivity contribution in [1.82, 2.24) is 0 Å². The van der Waals surface area contributed by atoms with Crippen LogP contribution in [0.25, 0.3) is 0 Å². The molecule has 0 fully saturated rings. The molecule has 0 amide bonds. The SMILES string of the molecule is CC/C=C\C/C=C\C/C=C\C/C=C\CCCCC(=O)OC[C@H](COP(=O)(O)OC[C@H](N)C(=O)O)OC(=O)CCCCCCCCCCCC. The first-order valence-corrected chi connectivity index (χ1v) is 19.7. The lowest BCUT2D eigenvalue weighted by Gasteiger charge is -2.20. The minimum atomic E-state index is -4.71. The number of hydrogen-bond acceptors (Lipinski definition) is 9. The van der Waals surface area contributed by atoms with Crippen LogP contribution < -0.4 is 5.73 Å². The summed E-state index contributed by atoms with van der Waals surface area (Å²) in [6.45, 7) is 2.59. The second-order valence-corrected chi connectivity index (χ2v) is 13.4. The van der Waals surface area contributed by atoms with Gasteiger partial charge in [0.25, 0.3) is 0 Å². The molecule has 12 heteroatoms. The number of phosphoric ester groups is 1. The second kappa shape index (κ2) is 32.6. The van der Waals surface area contributed by atoms with E-state index in [1.807, 2.05) is 0 Å². The highest BCUT2D eigenvalue weighted by molar-refractivity contribution is 7.47. The van der Waals surface area contributed by atoms with Crippen molar-refractivity contribution < 1.29 is 47.5 Å². The minimum Gasteiger partial charge on any atom is -0.480 e. The molecule has 0 heterocycles. The van der Waals surface area contributed by atoms with Gasteiger partial charge in [-0.25, -0.2) is 4.57 Å². The lowest BCUT2D eigenvalue weighted by Crippen LogP contribution is -2.34. The zero-order valence-corrected chi connectivity index (χ0v) is 30.9. The maximum atomic E-state index is 12.5. The lowest BCUT2D eigenvalue weighted by molar-refractivity contribution is -0.161. The Kier molecular flexibility index (Phi) is 30.9. The number of phosphoric acid groups is 1. The Labute approximate surface area is 295 Å². The molecular weight excluding hydrogens is 649 g/mol. The van der Waals surface area contributed by atoms with E-state index in [1.54, 1.807) is 0 Å². The zero-order valence-electron chi connectivity index (χ0n) is 30.0. The maximum absolute atomic E-state index is 12.5. The third-order valence-corrected chi connectivity index (χ3v) is 8.29. The molecule has 3 atom stereocenters. The topological polar surface area (TPSA) is 172 Å². The summed E-state index contributed by atoms with van der Waals surface area (Å²) in [5.74, 6) is -2.44. The Hall–Kier alpha value is -2.56. The van der Waals surface area contributed by atoms with Gasteiger partial charge in [-0.1, -0.05) is 120 Å². The quantitative estimate of drug-likeness (QED) is 0.0257. The summed E-state index contributed by atoms with van der Waals surface area (Å²) in [6.07, 6.45) is 33.4. The van der Waals surface area contributed by atoms with E-state index in [4.69, 9.17) is 24.8 Å². The van der Waals surface area contributed by atoms with Crippen LogP contribution in [-0.4, -0.2) is 59.9 Å². The number of allylic oxidation sites excluding steroid dienone is 8. The molecule has 4 N–H and O–H groups in total. The first-order valence-electron chi connectivity index (χ1n) is 18.2. The molecule has 0 aliphatic rings. The molecule has 0 aromatic carbocycles. The van der Waals surface area contributed by atoms with Gasteiger partial charge in [-0.05, 0) is 51.4 Å². The van der Waals surface area contributed by atoms with Crippen molar-refractivity contribution >= 4 is 25.7 Å². The molecule has 49 heavy (non-hydrogen) atoms. The number of carboxylic acid groups (broad SMARTS) is 1. The fraction of sp³-hybridized carbons (Fsp3) is 0.703. The molecule has 0 aromatic rings. The molecule has 0 saturated heterocycles. The number of ether oxygens (including phenoxy) is 2. The monoisotopic (exact) mass is 713 g/mol. The first kappa shape index (κ1) is 46.4. The van der Waals surface area contributed by atoms with E-state index < -0.39 is 51.1 Å². The van der Waals surface area contributed by atoms with Crippen molar-refractivity contribution in [1.29, 1.82) is 0 Å². The molecule has 0 aliphatic carbocycles. The van der Waals surface area contributed by atoms with Crippen LogP contribution in [0.5, 0.6) is 0 Å². The molecule has 0 spiro atoms. The van der Waals surface area contributed by atoms with Gasteiger partial charge in [0.1, 0.15) is 12.6 Å². The van der Waals surface area contributed by atoms with Crippen molar-refractivity contribution in [2.75, 3.05) is 19.8 Å². The van der Waals surface area contributed by atoms with Gasteiger partial charge in [-0.15, -0.1) is 0 Å². The Morgan fingerprint density at radius 2 is 1.14 bits per heavy atom. The van der Waals surface area contributed by atoms with E-state index >= 15 is 0 Å². The van der Waals surface area contributed by atoms with Gasteiger partial charge in [0.2, 0.25) is 0 Å². The predicted molar refractivity (Wildman–Crippen MR) is 194 cm³/mol. The number of aliphatic carboxylic acids is 1. The molecule has 0 radical (unpaired) electrons. The average Bonchev–Trinajstić information content (AvgIpc) is 3.07. The van der Waals surface area contributed by atoms with Gasteiger partial charge in [0, 0.05) is 12.8 Å². The maximum Gasteiger partial charge on any atom is 0.472 e. The summed E-state index contributed by atoms with van der Waals surface area (Å²) < 4.78 is 32.4. The molecule has 11 nitrogen and oxygen atoms in total. The van der Waals surface area contributed by atoms with E-state index in [2.05, 4.69) is 67.0 Å². The number of carboxylic acids is 1. The van der Waals surface area contributed by atoms with Crippen molar-refractivity contribution in [3.63, 3.8) is 0 Å². The summed E-state index contributed by atoms with van der Waals surface area (Å²) in [4.78, 5) is 45.6. The first-order chi connectivity index (χ1) is 23.6. The van der Waals surface area contributed by atoms with E-state index in [9.17, 15) is 23.8 Å². The highest BCUT2D eigenvalue weighted by atomic mass is 31.2. The smallest absolute Gasteiger partial charge is 0.472 e. The van der Waals surface area contributed by atoms with E-state index in [0.29, 0.717) is 12.8 Å². The van der Waals surface area contributed by atoms with Crippen LogP contribution in [0.15, 0.2) is 48.6 Å². The summed E-state index contributed by atoms with van der Waals surface area (Å²) >= 11 is 0. The van der Waals surface area contributed by atoms with Crippen molar-refractivity contribution in [2.24, 2.45) is 5.73 Å². The van der Waals surface area contributed by atoms with E-state index in [0.717, 1.165) is 57.8 Å². The van der Waals surface area contributed by atoms with Crippen molar-refractivity contribution in [2.45, 2.75) is 148 Å². The largest absolute Gasteiger partial charge is 0.480 e. The van der Waals surface area contributed by atoms with Crippen LogP contribution in [0.2, 0.25) is 0 Å². The van der Waals surface area contributed by atoms with Gasteiger partial charge in [-0.3, -0.25) is 23.4 Å². The van der Waals surface area contributed by atoms with Gasteiger partial charge in [0.05, 0.1) is 13.2 Å². The van der Waals surface area contributed by atoms with Gasteiger partial charge in [-0.2, -0.15) is 0 Å². The average molecular weight is 714 g/mol. The molecule has 0 aromatic heterocycles. The predicted octanol–water partition coefficient (Wildman–Crippen LogP) is 8.66. The number of rotatable bonds is 33. The highest BCUT2D eigenvalue weighted by Crippen LogP contribution is 2.43. The summed E-state index contributed by atoms with van der Waals surface area (Å²) in [7, 11) is -4.71. The van der Waals surface area contributed by atoms with Crippen molar-refractivity contribution in [3.8, 4) is 0 Å². The van der Waals surface area contributed by atoms with Crippen LogP contribution >= 0.6 is 7.82 Å². The molecule has 0 saturated carbocycles. The minimum absolute atomic E-state index is 0.152. The number of carbonyl (C=O) groups is 3. The van der Waals surface area contributed by atoms with Gasteiger partial charge < -0.3 is 25.2 Å². The molecular formula is C37H64NO10P. The lowest BCUT2D eigenvalue weighted by atomic mass is 10.1. The van der Waals surface area contributed by atoms with E-state index in [1.165, 1.54) is 38.5 Å². The molecule has 282 valence electrons. The fourth-order valence-corrected chi connectivity index (χ4v) is 5.24.